The normalized spacial score (nSPS) is 10.3. The SMILES string of the molecule is CCC[CH2][Sn]([CH2]CCC)[CH2]CCC.CN(C)c1ccc([Se])cc1. The molecule has 2 radical (unpaired) electrons. The fourth-order valence-corrected chi connectivity index (χ4v) is 12.1. The summed E-state index contributed by atoms with van der Waals surface area (Å²) in [5.41, 5.74) is 1.24. The van der Waals surface area contributed by atoms with Crippen molar-refractivity contribution in [2.75, 3.05) is 19.0 Å². The molecule has 0 N–H and O–H groups in total. The van der Waals surface area contributed by atoms with E-state index in [2.05, 4.69) is 65.9 Å². The van der Waals surface area contributed by atoms with E-state index in [1.807, 2.05) is 14.1 Å². The van der Waals surface area contributed by atoms with Crippen LogP contribution in [0.2, 0.25) is 13.3 Å². The van der Waals surface area contributed by atoms with Crippen LogP contribution in [-0.4, -0.2) is 49.9 Å². The van der Waals surface area contributed by atoms with Crippen molar-refractivity contribution in [3.8, 4) is 0 Å². The summed E-state index contributed by atoms with van der Waals surface area (Å²) in [4.78, 5) is 2.08. The Morgan fingerprint density at radius 2 is 1.17 bits per heavy atom. The third-order valence-electron chi connectivity index (χ3n) is 4.00. The fraction of sp³-hybridized carbons (Fsp3) is 0.700. The number of anilines is 1. The molecule has 1 rings (SSSR count). The molecule has 1 nitrogen and oxygen atoms in total. The van der Waals surface area contributed by atoms with Gasteiger partial charge in [-0.3, -0.25) is 0 Å². The molecule has 0 unspecified atom stereocenters. The van der Waals surface area contributed by atoms with Gasteiger partial charge in [0.15, 0.2) is 0 Å². The average molecular weight is 489 g/mol. The van der Waals surface area contributed by atoms with Crippen LogP contribution in [0.4, 0.5) is 5.69 Å². The summed E-state index contributed by atoms with van der Waals surface area (Å²) in [6.07, 6.45) is 8.85. The van der Waals surface area contributed by atoms with Gasteiger partial charge in [-0.05, 0) is 0 Å². The van der Waals surface area contributed by atoms with Crippen molar-refractivity contribution in [1.29, 1.82) is 0 Å². The Balaban J connectivity index is 0.000000433. The molecule has 132 valence electrons. The Bertz CT molecular complexity index is 345. The van der Waals surface area contributed by atoms with Crippen LogP contribution in [-0.2, 0) is 0 Å². The number of unbranched alkanes of at least 4 members (excludes halogenated alkanes) is 3. The molecule has 0 heterocycles. The second kappa shape index (κ2) is 15.8. The molecule has 0 aliphatic heterocycles. The van der Waals surface area contributed by atoms with Crippen LogP contribution < -0.4 is 9.36 Å². The van der Waals surface area contributed by atoms with Crippen molar-refractivity contribution >= 4 is 45.9 Å². The molecule has 3 heteroatoms. The van der Waals surface area contributed by atoms with Crippen molar-refractivity contribution in [1.82, 2.24) is 0 Å². The van der Waals surface area contributed by atoms with E-state index in [0.29, 0.717) is 0 Å². The van der Waals surface area contributed by atoms with Gasteiger partial charge < -0.3 is 0 Å². The Morgan fingerprint density at radius 1 is 0.783 bits per heavy atom. The second-order valence-corrected chi connectivity index (χ2v) is 16.0. The molecule has 0 aliphatic rings. The molecule has 0 spiro atoms. The van der Waals surface area contributed by atoms with E-state index in [1.54, 1.807) is 13.3 Å². The molecule has 1 aromatic carbocycles. The van der Waals surface area contributed by atoms with Crippen molar-refractivity contribution in [2.45, 2.75) is 72.6 Å². The Kier molecular flexibility index (Phi) is 16.1. The van der Waals surface area contributed by atoms with Crippen molar-refractivity contribution in [2.24, 2.45) is 0 Å². The zero-order valence-electron chi connectivity index (χ0n) is 16.0. The predicted molar refractivity (Wildman–Crippen MR) is 111 cm³/mol. The van der Waals surface area contributed by atoms with Gasteiger partial charge in [-0.25, -0.2) is 0 Å². The first-order valence-electron chi connectivity index (χ1n) is 9.33. The van der Waals surface area contributed by atoms with Gasteiger partial charge >= 0.3 is 162 Å². The minimum atomic E-state index is -0.839. The van der Waals surface area contributed by atoms with Gasteiger partial charge in [0.1, 0.15) is 0 Å². The summed E-state index contributed by atoms with van der Waals surface area (Å²) < 4.78 is 6.22. The molecule has 0 aliphatic carbocycles. The summed E-state index contributed by atoms with van der Waals surface area (Å²) in [5.74, 6) is 0. The predicted octanol–water partition coefficient (Wildman–Crippen LogP) is 5.43. The van der Waals surface area contributed by atoms with E-state index in [4.69, 9.17) is 0 Å². The number of nitrogens with zero attached hydrogens (tertiary/aromatic N) is 1. The molecule has 23 heavy (non-hydrogen) atoms. The molecular weight excluding hydrogens is 452 g/mol. The third-order valence-corrected chi connectivity index (χ3v) is 13.7. The Labute approximate surface area is 161 Å². The van der Waals surface area contributed by atoms with E-state index >= 15 is 0 Å². The minimum absolute atomic E-state index is 0.839. The number of hydrogen-bond acceptors (Lipinski definition) is 1. The van der Waals surface area contributed by atoms with Gasteiger partial charge in [0.05, 0.1) is 0 Å². The molecule has 0 saturated carbocycles. The second-order valence-electron chi connectivity index (χ2n) is 6.45. The summed E-state index contributed by atoms with van der Waals surface area (Å²) in [6, 6.07) is 8.31. The fourth-order valence-electron chi connectivity index (χ4n) is 2.40. The zero-order chi connectivity index (χ0) is 17.5. The van der Waals surface area contributed by atoms with E-state index in [-0.39, 0.29) is 0 Å². The molecule has 0 saturated heterocycles. The van der Waals surface area contributed by atoms with Crippen LogP contribution in [0, 0.1) is 0 Å². The van der Waals surface area contributed by atoms with Crippen LogP contribution in [0.3, 0.4) is 0 Å². The van der Waals surface area contributed by atoms with Gasteiger partial charge in [0.2, 0.25) is 0 Å². The molecule has 1 aromatic rings. The molecule has 0 bridgehead atoms. The first-order chi connectivity index (χ1) is 11.0. The van der Waals surface area contributed by atoms with E-state index in [9.17, 15) is 0 Å². The Morgan fingerprint density at radius 3 is 1.48 bits per heavy atom. The average Bonchev–Trinajstić information content (AvgIpc) is 2.55. The van der Waals surface area contributed by atoms with Gasteiger partial charge in [0, 0.05) is 0 Å². The summed E-state index contributed by atoms with van der Waals surface area (Å²) in [5, 5.41) is 0. The van der Waals surface area contributed by atoms with Gasteiger partial charge in [-0.1, -0.05) is 0 Å². The maximum atomic E-state index is 2.95. The summed E-state index contributed by atoms with van der Waals surface area (Å²) in [6.45, 7) is 7.00. The molecule has 0 fully saturated rings. The van der Waals surface area contributed by atoms with E-state index in [1.165, 1.54) is 48.7 Å². The standard InChI is InChI=1S/C8H10NSe.3C4H9.Sn/c1-9(2)7-3-5-8(10)6-4-7;3*1-3-4-2;/h3-6H,1-2H3;3*1,3-4H2,2H3;. The molecule has 0 amide bonds. The first-order valence-corrected chi connectivity index (χ1v) is 16.2. The van der Waals surface area contributed by atoms with Crippen LogP contribution in [0.5, 0.6) is 0 Å². The molecule has 0 aromatic heterocycles. The van der Waals surface area contributed by atoms with Crippen LogP contribution in [0.25, 0.3) is 0 Å². The first kappa shape index (κ1) is 23.3. The quantitative estimate of drug-likeness (QED) is 0.397. The zero-order valence-corrected chi connectivity index (χ0v) is 20.6. The Hall–Kier alpha value is 0.338. The van der Waals surface area contributed by atoms with Gasteiger partial charge in [0.25, 0.3) is 0 Å². The monoisotopic (exact) mass is 491 g/mol. The summed E-state index contributed by atoms with van der Waals surface area (Å²) >= 11 is 2.11. The van der Waals surface area contributed by atoms with Crippen molar-refractivity contribution in [3.05, 3.63) is 24.3 Å². The maximum absolute atomic E-state index is 2.95. The number of benzene rings is 1. The van der Waals surface area contributed by atoms with Crippen LogP contribution in [0.1, 0.15) is 59.3 Å². The van der Waals surface area contributed by atoms with Crippen LogP contribution >= 0.6 is 0 Å². The van der Waals surface area contributed by atoms with Gasteiger partial charge in [-0.2, -0.15) is 0 Å². The summed E-state index contributed by atoms with van der Waals surface area (Å²) in [7, 11) is 4.07. The number of rotatable bonds is 10. The van der Waals surface area contributed by atoms with E-state index in [0.717, 1.165) is 0 Å². The van der Waals surface area contributed by atoms with Crippen molar-refractivity contribution < 1.29 is 0 Å². The number of hydrogen-bond donors (Lipinski definition) is 0. The molecule has 0 atom stereocenters. The van der Waals surface area contributed by atoms with Crippen LogP contribution in [0.15, 0.2) is 24.3 Å². The van der Waals surface area contributed by atoms with E-state index < -0.39 is 19.8 Å². The van der Waals surface area contributed by atoms with Crippen molar-refractivity contribution in [3.63, 3.8) is 0 Å². The topological polar surface area (TPSA) is 3.24 Å². The molecular formula is C20H37NSeSn. The van der Waals surface area contributed by atoms with Gasteiger partial charge in [-0.15, -0.1) is 0 Å². The third kappa shape index (κ3) is 13.3.